The van der Waals surface area contributed by atoms with Crippen LogP contribution in [-0.4, -0.2) is 31.6 Å². The first kappa shape index (κ1) is 20.3. The molecule has 27 heavy (non-hydrogen) atoms. The van der Waals surface area contributed by atoms with Crippen molar-refractivity contribution in [2.45, 2.75) is 13.8 Å². The second-order valence-corrected chi connectivity index (χ2v) is 6.18. The van der Waals surface area contributed by atoms with Crippen LogP contribution in [0.15, 0.2) is 36.4 Å². The molecule has 0 heterocycles. The molecular formula is C19H19ClN2O5. The number of methoxy groups -OCH3 is 1. The van der Waals surface area contributed by atoms with Crippen LogP contribution in [0.25, 0.3) is 0 Å². The third-order valence-electron chi connectivity index (χ3n) is 3.60. The predicted octanol–water partition coefficient (Wildman–Crippen LogP) is 3.47. The molecule has 0 atom stereocenters. The predicted molar refractivity (Wildman–Crippen MR) is 101 cm³/mol. The van der Waals surface area contributed by atoms with Gasteiger partial charge in [-0.3, -0.25) is 10.1 Å². The maximum atomic E-state index is 12.1. The van der Waals surface area contributed by atoms with Crippen molar-refractivity contribution in [3.05, 3.63) is 58.1 Å². The van der Waals surface area contributed by atoms with Crippen LogP contribution in [0.5, 0.6) is 5.75 Å². The van der Waals surface area contributed by atoms with Crippen LogP contribution in [0.4, 0.5) is 10.5 Å². The summed E-state index contributed by atoms with van der Waals surface area (Å²) in [7, 11) is 1.39. The van der Waals surface area contributed by atoms with E-state index in [4.69, 9.17) is 21.1 Å². The van der Waals surface area contributed by atoms with Crippen LogP contribution in [0, 0.1) is 13.8 Å². The molecule has 0 aromatic heterocycles. The van der Waals surface area contributed by atoms with Crippen molar-refractivity contribution in [3.8, 4) is 5.75 Å². The summed E-state index contributed by atoms with van der Waals surface area (Å²) >= 11 is 5.85. The summed E-state index contributed by atoms with van der Waals surface area (Å²) < 4.78 is 9.96. The Labute approximate surface area is 161 Å². The van der Waals surface area contributed by atoms with Gasteiger partial charge in [0.25, 0.3) is 5.91 Å². The Morgan fingerprint density at radius 1 is 1.07 bits per heavy atom. The molecule has 0 aliphatic rings. The molecule has 0 aliphatic carbocycles. The van der Waals surface area contributed by atoms with E-state index in [1.165, 1.54) is 19.2 Å². The molecule has 2 rings (SSSR count). The largest absolute Gasteiger partial charge is 0.496 e. The minimum absolute atomic E-state index is 0.0810. The highest BCUT2D eigenvalue weighted by atomic mass is 35.5. The number of benzene rings is 2. The number of nitrogens with one attached hydrogen (secondary N) is 2. The highest BCUT2D eigenvalue weighted by Crippen LogP contribution is 2.23. The first-order valence-electron chi connectivity index (χ1n) is 7.99. The van der Waals surface area contributed by atoms with E-state index in [-0.39, 0.29) is 11.3 Å². The average Bonchev–Trinajstić information content (AvgIpc) is 2.62. The summed E-state index contributed by atoms with van der Waals surface area (Å²) in [5.74, 6) is -1.30. The first-order valence-corrected chi connectivity index (χ1v) is 8.36. The molecule has 0 aliphatic heterocycles. The standard InChI is InChI=1S/C19H19ClN2O5/c1-11-4-6-15(12(2)8-11)21-19(25)22-17(23)10-27-18(24)14-9-13(20)5-7-16(14)26-3/h4-9H,10H2,1-3H3,(H2,21,22,23,25). The van der Waals surface area contributed by atoms with Crippen LogP contribution < -0.4 is 15.4 Å². The Balaban J connectivity index is 1.89. The smallest absolute Gasteiger partial charge is 0.342 e. The fourth-order valence-electron chi connectivity index (χ4n) is 2.32. The van der Waals surface area contributed by atoms with Gasteiger partial charge in [-0.15, -0.1) is 0 Å². The minimum Gasteiger partial charge on any atom is -0.496 e. The third kappa shape index (κ3) is 5.72. The SMILES string of the molecule is COc1ccc(Cl)cc1C(=O)OCC(=O)NC(=O)Nc1ccc(C)cc1C. The summed E-state index contributed by atoms with van der Waals surface area (Å²) in [5, 5.41) is 4.98. The fourth-order valence-corrected chi connectivity index (χ4v) is 2.49. The molecule has 0 saturated heterocycles. The zero-order valence-corrected chi connectivity index (χ0v) is 15.8. The van der Waals surface area contributed by atoms with Crippen LogP contribution in [0.2, 0.25) is 5.02 Å². The molecule has 7 nitrogen and oxygen atoms in total. The lowest BCUT2D eigenvalue weighted by molar-refractivity contribution is -0.123. The van der Waals surface area contributed by atoms with E-state index in [0.717, 1.165) is 11.1 Å². The van der Waals surface area contributed by atoms with Gasteiger partial charge in [0.2, 0.25) is 0 Å². The lowest BCUT2D eigenvalue weighted by atomic mass is 10.1. The number of urea groups is 1. The Morgan fingerprint density at radius 3 is 2.48 bits per heavy atom. The molecule has 2 aromatic rings. The van der Waals surface area contributed by atoms with Crippen molar-refractivity contribution >= 4 is 35.2 Å². The van der Waals surface area contributed by atoms with Crippen LogP contribution in [-0.2, 0) is 9.53 Å². The Hall–Kier alpha value is -3.06. The fraction of sp³-hybridized carbons (Fsp3) is 0.211. The van der Waals surface area contributed by atoms with Crippen molar-refractivity contribution in [3.63, 3.8) is 0 Å². The number of amides is 3. The number of esters is 1. The topological polar surface area (TPSA) is 93.7 Å². The van der Waals surface area contributed by atoms with Gasteiger partial charge in [-0.1, -0.05) is 29.3 Å². The molecule has 0 saturated carbocycles. The van der Waals surface area contributed by atoms with Gasteiger partial charge in [-0.05, 0) is 43.7 Å². The van der Waals surface area contributed by atoms with E-state index in [9.17, 15) is 14.4 Å². The summed E-state index contributed by atoms with van der Waals surface area (Å²) in [5.41, 5.74) is 2.57. The summed E-state index contributed by atoms with van der Waals surface area (Å²) in [4.78, 5) is 35.8. The number of imide groups is 1. The van der Waals surface area contributed by atoms with Gasteiger partial charge < -0.3 is 14.8 Å². The van der Waals surface area contributed by atoms with Gasteiger partial charge in [-0.25, -0.2) is 9.59 Å². The zero-order valence-electron chi connectivity index (χ0n) is 15.1. The average molecular weight is 391 g/mol. The lowest BCUT2D eigenvalue weighted by Gasteiger charge is -2.11. The van der Waals surface area contributed by atoms with Crippen molar-refractivity contribution in [2.75, 3.05) is 19.0 Å². The van der Waals surface area contributed by atoms with E-state index >= 15 is 0 Å². The third-order valence-corrected chi connectivity index (χ3v) is 3.83. The number of carbonyl (C=O) groups is 3. The Bertz CT molecular complexity index is 882. The number of hydrogen-bond donors (Lipinski definition) is 2. The highest BCUT2D eigenvalue weighted by Gasteiger charge is 2.17. The summed E-state index contributed by atoms with van der Waals surface area (Å²) in [6.45, 7) is 3.14. The molecule has 2 N–H and O–H groups in total. The maximum absolute atomic E-state index is 12.1. The number of hydrogen-bond acceptors (Lipinski definition) is 5. The summed E-state index contributed by atoms with van der Waals surface area (Å²) in [6.07, 6.45) is 0. The van der Waals surface area contributed by atoms with E-state index in [2.05, 4.69) is 10.6 Å². The second kappa shape index (κ2) is 9.05. The van der Waals surface area contributed by atoms with Crippen molar-refractivity contribution in [1.29, 1.82) is 0 Å². The number of rotatable bonds is 5. The molecule has 2 aromatic carbocycles. The number of carbonyl (C=O) groups excluding carboxylic acids is 3. The number of anilines is 1. The van der Waals surface area contributed by atoms with Gasteiger partial charge in [0, 0.05) is 10.7 Å². The van der Waals surface area contributed by atoms with Crippen molar-refractivity contribution in [2.24, 2.45) is 0 Å². The van der Waals surface area contributed by atoms with Crippen LogP contribution in [0.1, 0.15) is 21.5 Å². The maximum Gasteiger partial charge on any atom is 0.342 e. The molecule has 0 radical (unpaired) electrons. The lowest BCUT2D eigenvalue weighted by Crippen LogP contribution is -2.37. The quantitative estimate of drug-likeness (QED) is 0.762. The monoisotopic (exact) mass is 390 g/mol. The van der Waals surface area contributed by atoms with Gasteiger partial charge in [0.1, 0.15) is 11.3 Å². The Kier molecular flexibility index (Phi) is 6.79. The van der Waals surface area contributed by atoms with E-state index in [1.807, 2.05) is 26.0 Å². The normalized spacial score (nSPS) is 10.1. The number of halogens is 1. The first-order chi connectivity index (χ1) is 12.8. The van der Waals surface area contributed by atoms with Crippen molar-refractivity contribution in [1.82, 2.24) is 5.32 Å². The van der Waals surface area contributed by atoms with Crippen LogP contribution >= 0.6 is 11.6 Å². The molecule has 0 bridgehead atoms. The van der Waals surface area contributed by atoms with Gasteiger partial charge in [0.05, 0.1) is 7.11 Å². The van der Waals surface area contributed by atoms with E-state index in [0.29, 0.717) is 10.7 Å². The number of ether oxygens (including phenoxy) is 2. The second-order valence-electron chi connectivity index (χ2n) is 5.74. The van der Waals surface area contributed by atoms with E-state index in [1.54, 1.807) is 12.1 Å². The molecule has 142 valence electrons. The minimum atomic E-state index is -0.792. The summed E-state index contributed by atoms with van der Waals surface area (Å²) in [6, 6.07) is 9.19. The molecule has 3 amide bonds. The zero-order chi connectivity index (χ0) is 20.0. The molecule has 0 unspecified atom stereocenters. The molecule has 0 spiro atoms. The highest BCUT2D eigenvalue weighted by molar-refractivity contribution is 6.31. The Morgan fingerprint density at radius 2 is 1.81 bits per heavy atom. The van der Waals surface area contributed by atoms with Crippen LogP contribution in [0.3, 0.4) is 0 Å². The molecule has 8 heteroatoms. The van der Waals surface area contributed by atoms with Gasteiger partial charge in [-0.2, -0.15) is 0 Å². The van der Waals surface area contributed by atoms with Gasteiger partial charge >= 0.3 is 12.0 Å². The molecule has 0 fully saturated rings. The van der Waals surface area contributed by atoms with Gasteiger partial charge in [0.15, 0.2) is 6.61 Å². The molecular weight excluding hydrogens is 372 g/mol. The van der Waals surface area contributed by atoms with Crippen molar-refractivity contribution < 1.29 is 23.9 Å². The van der Waals surface area contributed by atoms with E-state index < -0.39 is 24.5 Å². The number of aryl methyl sites for hydroxylation is 2.